The third-order valence-corrected chi connectivity index (χ3v) is 3.15. The number of rotatable bonds is 1. The highest BCUT2D eigenvalue weighted by molar-refractivity contribution is 5.40. The summed E-state index contributed by atoms with van der Waals surface area (Å²) in [4.78, 5) is 0. The van der Waals surface area contributed by atoms with Crippen molar-refractivity contribution in [2.45, 2.75) is 54.4 Å². The first kappa shape index (κ1) is 18.7. The van der Waals surface area contributed by atoms with E-state index in [9.17, 15) is 0 Å². The fourth-order valence-corrected chi connectivity index (χ4v) is 2.48. The fraction of sp³-hybridized carbons (Fsp3) is 0.733. The second kappa shape index (κ2) is 7.65. The number of allylic oxidation sites excluding steroid dienone is 4. The summed E-state index contributed by atoms with van der Waals surface area (Å²) in [7, 11) is 1.00. The van der Waals surface area contributed by atoms with Crippen molar-refractivity contribution in [3.8, 4) is 0 Å². The van der Waals surface area contributed by atoms with Crippen molar-refractivity contribution in [2.24, 2.45) is 11.3 Å². The number of hydrogen-bond acceptors (Lipinski definition) is 1. The van der Waals surface area contributed by atoms with Crippen LogP contribution in [0.3, 0.4) is 0 Å². The third-order valence-electron chi connectivity index (χ3n) is 3.15. The molecule has 0 amide bonds. The summed E-state index contributed by atoms with van der Waals surface area (Å²) in [6, 6.07) is 0. The Labute approximate surface area is 106 Å². The van der Waals surface area contributed by atoms with Crippen molar-refractivity contribution in [1.82, 2.24) is 0 Å². The molecule has 0 aromatic heterocycles. The third kappa shape index (κ3) is 5.03. The molecule has 0 aromatic carbocycles. The Kier molecular flexibility index (Phi) is 8.43. The summed E-state index contributed by atoms with van der Waals surface area (Å²) in [6.45, 7) is 13.9. The molecule has 0 saturated carbocycles. The molecule has 0 radical (unpaired) electrons. The van der Waals surface area contributed by atoms with Gasteiger partial charge in [-0.2, -0.15) is 0 Å². The van der Waals surface area contributed by atoms with Crippen LogP contribution in [-0.2, 0) is 0 Å². The van der Waals surface area contributed by atoms with Gasteiger partial charge in [0.2, 0.25) is 0 Å². The van der Waals surface area contributed by atoms with Crippen LogP contribution in [0.5, 0.6) is 0 Å². The Morgan fingerprint density at radius 2 is 1.65 bits per heavy atom. The van der Waals surface area contributed by atoms with E-state index in [4.69, 9.17) is 5.11 Å². The minimum absolute atomic E-state index is 0. The molecule has 0 atom stereocenters. The van der Waals surface area contributed by atoms with Gasteiger partial charge in [-0.1, -0.05) is 46.3 Å². The molecule has 0 fully saturated rings. The Bertz CT molecular complexity index is 280. The van der Waals surface area contributed by atoms with Gasteiger partial charge < -0.3 is 5.11 Å². The number of halogens is 1. The Hall–Kier alpha value is -0.630. The van der Waals surface area contributed by atoms with Crippen LogP contribution >= 0.6 is 0 Å². The van der Waals surface area contributed by atoms with E-state index in [0.717, 1.165) is 7.11 Å². The zero-order chi connectivity index (χ0) is 12.9. The molecular weight excluding hydrogens is 215 g/mol. The molecule has 17 heavy (non-hydrogen) atoms. The molecule has 1 aliphatic carbocycles. The molecule has 1 nitrogen and oxygen atoms in total. The van der Waals surface area contributed by atoms with E-state index in [1.54, 1.807) is 16.7 Å². The summed E-state index contributed by atoms with van der Waals surface area (Å²) in [6.07, 6.45) is 4.93. The van der Waals surface area contributed by atoms with Crippen LogP contribution in [0, 0.1) is 11.3 Å². The van der Waals surface area contributed by atoms with E-state index < -0.39 is 0 Å². The lowest BCUT2D eigenvalue weighted by molar-refractivity contribution is 0.399. The van der Waals surface area contributed by atoms with E-state index in [2.05, 4.69) is 47.6 Å². The normalized spacial score (nSPS) is 15.9. The molecule has 0 bridgehead atoms. The van der Waals surface area contributed by atoms with Gasteiger partial charge in [0.1, 0.15) is 0 Å². The standard InChI is InChI=1S/C14H24.CH4O.FH/c1-10(2)12-8-7-9-13(11(12)3)14(4,5)6;1-2;/h9-10H,7-8H2,1-6H3;2H,1H3;1H. The predicted octanol–water partition coefficient (Wildman–Crippen LogP) is 4.49. The molecule has 102 valence electrons. The molecular formula is C15H29FO. The van der Waals surface area contributed by atoms with Gasteiger partial charge >= 0.3 is 0 Å². The predicted molar refractivity (Wildman–Crippen MR) is 75.0 cm³/mol. The molecule has 0 spiro atoms. The Morgan fingerprint density at radius 3 is 2.00 bits per heavy atom. The molecule has 2 heteroatoms. The van der Waals surface area contributed by atoms with Crippen LogP contribution in [0.4, 0.5) is 4.70 Å². The summed E-state index contributed by atoms with van der Waals surface area (Å²) in [5.74, 6) is 0.709. The summed E-state index contributed by atoms with van der Waals surface area (Å²) in [5, 5.41) is 7.00. The maximum absolute atomic E-state index is 7.00. The highest BCUT2D eigenvalue weighted by atomic mass is 19.0. The van der Waals surface area contributed by atoms with Gasteiger partial charge in [0, 0.05) is 7.11 Å². The lowest BCUT2D eigenvalue weighted by Crippen LogP contribution is -2.15. The van der Waals surface area contributed by atoms with E-state index in [0.29, 0.717) is 11.3 Å². The second-order valence-electron chi connectivity index (χ2n) is 5.71. The molecule has 1 aliphatic rings. The average Bonchev–Trinajstić information content (AvgIpc) is 2.19. The van der Waals surface area contributed by atoms with E-state index in [-0.39, 0.29) is 4.70 Å². The summed E-state index contributed by atoms with van der Waals surface area (Å²) < 4.78 is 0. The summed E-state index contributed by atoms with van der Waals surface area (Å²) >= 11 is 0. The second-order valence-corrected chi connectivity index (χ2v) is 5.71. The lowest BCUT2D eigenvalue weighted by Gasteiger charge is -2.30. The zero-order valence-electron chi connectivity index (χ0n) is 12.4. The van der Waals surface area contributed by atoms with E-state index in [1.165, 1.54) is 12.8 Å². The quantitative estimate of drug-likeness (QED) is 0.720. The van der Waals surface area contributed by atoms with Gasteiger partial charge in [0.15, 0.2) is 0 Å². The van der Waals surface area contributed by atoms with Crippen molar-refractivity contribution in [3.63, 3.8) is 0 Å². The Morgan fingerprint density at radius 1 is 1.18 bits per heavy atom. The van der Waals surface area contributed by atoms with Crippen molar-refractivity contribution in [3.05, 3.63) is 22.8 Å². The first-order valence-corrected chi connectivity index (χ1v) is 6.19. The topological polar surface area (TPSA) is 20.2 Å². The maximum Gasteiger partial charge on any atom is 0.0319 e. The highest BCUT2D eigenvalue weighted by Gasteiger charge is 2.23. The van der Waals surface area contributed by atoms with Crippen LogP contribution in [0.25, 0.3) is 0 Å². The van der Waals surface area contributed by atoms with Crippen molar-refractivity contribution in [1.29, 1.82) is 0 Å². The monoisotopic (exact) mass is 244 g/mol. The highest BCUT2D eigenvalue weighted by Crippen LogP contribution is 2.38. The minimum atomic E-state index is 0. The number of hydrogen-bond donors (Lipinski definition) is 1. The van der Waals surface area contributed by atoms with Crippen molar-refractivity contribution < 1.29 is 9.81 Å². The lowest BCUT2D eigenvalue weighted by atomic mass is 9.75. The maximum atomic E-state index is 7.00. The summed E-state index contributed by atoms with van der Waals surface area (Å²) in [5.41, 5.74) is 5.09. The van der Waals surface area contributed by atoms with Gasteiger partial charge in [0.05, 0.1) is 0 Å². The van der Waals surface area contributed by atoms with Gasteiger partial charge in [-0.15, -0.1) is 0 Å². The Balaban J connectivity index is 0. The van der Waals surface area contributed by atoms with Gasteiger partial charge in [-0.3, -0.25) is 4.70 Å². The smallest absolute Gasteiger partial charge is 0.0319 e. The van der Waals surface area contributed by atoms with Gasteiger partial charge in [-0.05, 0) is 42.2 Å². The SMILES string of the molecule is CC1=C(C(C)C)CCC=C1C(C)(C)C.CO.F. The van der Waals surface area contributed by atoms with Gasteiger partial charge in [0.25, 0.3) is 0 Å². The first-order chi connectivity index (χ1) is 7.34. The van der Waals surface area contributed by atoms with Gasteiger partial charge in [-0.25, -0.2) is 0 Å². The largest absolute Gasteiger partial charge is 0.400 e. The average molecular weight is 244 g/mol. The van der Waals surface area contributed by atoms with Crippen LogP contribution in [0.1, 0.15) is 54.4 Å². The van der Waals surface area contributed by atoms with Crippen molar-refractivity contribution in [2.75, 3.05) is 7.11 Å². The van der Waals surface area contributed by atoms with Crippen LogP contribution in [-0.4, -0.2) is 12.2 Å². The molecule has 0 saturated heterocycles. The van der Waals surface area contributed by atoms with Crippen LogP contribution in [0.15, 0.2) is 22.8 Å². The molecule has 0 aromatic rings. The molecule has 0 aliphatic heterocycles. The molecule has 0 unspecified atom stereocenters. The number of aliphatic hydroxyl groups is 1. The van der Waals surface area contributed by atoms with Crippen LogP contribution in [0.2, 0.25) is 0 Å². The zero-order valence-corrected chi connectivity index (χ0v) is 12.4. The van der Waals surface area contributed by atoms with E-state index in [1.807, 2.05) is 0 Å². The minimum Gasteiger partial charge on any atom is -0.400 e. The van der Waals surface area contributed by atoms with Crippen LogP contribution < -0.4 is 0 Å². The molecule has 0 heterocycles. The van der Waals surface area contributed by atoms with Crippen molar-refractivity contribution >= 4 is 0 Å². The molecule has 1 N–H and O–H groups in total. The van der Waals surface area contributed by atoms with E-state index >= 15 is 0 Å². The first-order valence-electron chi connectivity index (χ1n) is 6.19. The number of aliphatic hydroxyl groups excluding tert-OH is 1. The fourth-order valence-electron chi connectivity index (χ4n) is 2.48. The molecule has 1 rings (SSSR count).